The lowest BCUT2D eigenvalue weighted by Gasteiger charge is -2.28. The first-order valence-corrected chi connectivity index (χ1v) is 11.9. The van der Waals surface area contributed by atoms with Crippen LogP contribution in [0.1, 0.15) is 54.4 Å². The van der Waals surface area contributed by atoms with E-state index in [2.05, 4.69) is 41.5 Å². The highest BCUT2D eigenvalue weighted by atomic mass is 33.1. The summed E-state index contributed by atoms with van der Waals surface area (Å²) in [6, 6.07) is 0. The van der Waals surface area contributed by atoms with Crippen molar-refractivity contribution in [1.82, 2.24) is 0 Å². The van der Waals surface area contributed by atoms with Crippen molar-refractivity contribution >= 4 is 42.1 Å². The van der Waals surface area contributed by atoms with Crippen LogP contribution in [0.15, 0.2) is 0 Å². The highest BCUT2D eigenvalue weighted by Crippen LogP contribution is 2.42. The molecular formula is C14H34O2S2Si2. The number of hydrogen-bond acceptors (Lipinski definition) is 4. The van der Waals surface area contributed by atoms with Crippen molar-refractivity contribution in [2.45, 2.75) is 75.3 Å². The van der Waals surface area contributed by atoms with Crippen LogP contribution in [0, 0.1) is 0 Å². The summed E-state index contributed by atoms with van der Waals surface area (Å²) < 4.78 is 11.8. The largest absolute Gasteiger partial charge is 0.367 e. The topological polar surface area (TPSA) is 18.5 Å². The predicted octanol–water partition coefficient (Wildman–Crippen LogP) is 3.00. The minimum atomic E-state index is 0.290. The van der Waals surface area contributed by atoms with E-state index in [1.54, 1.807) is 0 Å². The lowest BCUT2D eigenvalue weighted by atomic mass is 10.1. The zero-order valence-electron chi connectivity index (χ0n) is 14.6. The van der Waals surface area contributed by atoms with Crippen LogP contribution in [0.2, 0.25) is 10.1 Å². The summed E-state index contributed by atoms with van der Waals surface area (Å²) >= 11 is 0. The summed E-state index contributed by atoms with van der Waals surface area (Å²) in [5, 5.41) is 0.872. The van der Waals surface area contributed by atoms with Crippen LogP contribution in [-0.2, 0) is 9.47 Å². The van der Waals surface area contributed by atoms with E-state index < -0.39 is 0 Å². The van der Waals surface area contributed by atoms with Gasteiger partial charge >= 0.3 is 0 Å². The molecule has 0 aliphatic carbocycles. The first-order chi connectivity index (χ1) is 9.07. The molecule has 0 heterocycles. The molecule has 0 aromatic heterocycles. The third-order valence-corrected chi connectivity index (χ3v) is 6.12. The molecule has 2 unspecified atom stereocenters. The minimum Gasteiger partial charge on any atom is -0.367 e. The lowest BCUT2D eigenvalue weighted by Crippen LogP contribution is -2.19. The Hall–Kier alpha value is 1.05. The first-order valence-electron chi connectivity index (χ1n) is 7.62. The molecule has 0 aliphatic heterocycles. The van der Waals surface area contributed by atoms with E-state index in [-0.39, 0.29) is 10.9 Å². The van der Waals surface area contributed by atoms with Crippen LogP contribution >= 0.6 is 21.6 Å². The molecule has 0 rings (SSSR count). The SMILES string of the molecule is CCOC(CC(C)(C)[SiH3])SSC(CC(C)(C)[SiH3])OCC. The predicted molar refractivity (Wildman–Crippen MR) is 103 cm³/mol. The molecule has 0 saturated heterocycles. The number of ether oxygens (including phenoxy) is 2. The fourth-order valence-corrected chi connectivity index (χ4v) is 6.32. The van der Waals surface area contributed by atoms with Gasteiger partial charge in [0.25, 0.3) is 0 Å². The Kier molecular flexibility index (Phi) is 10.5. The van der Waals surface area contributed by atoms with Crippen molar-refractivity contribution in [1.29, 1.82) is 0 Å². The van der Waals surface area contributed by atoms with Gasteiger partial charge in [0.2, 0.25) is 0 Å². The smallest absolute Gasteiger partial charge is 0.113 e. The van der Waals surface area contributed by atoms with E-state index in [0.29, 0.717) is 10.1 Å². The van der Waals surface area contributed by atoms with Gasteiger partial charge in [0.05, 0.1) is 0 Å². The molecule has 0 amide bonds. The van der Waals surface area contributed by atoms with E-state index >= 15 is 0 Å². The van der Waals surface area contributed by atoms with Crippen LogP contribution in [0.4, 0.5) is 0 Å². The van der Waals surface area contributed by atoms with Crippen molar-refractivity contribution < 1.29 is 9.47 Å². The van der Waals surface area contributed by atoms with Crippen molar-refractivity contribution in [3.63, 3.8) is 0 Å². The Labute approximate surface area is 140 Å². The van der Waals surface area contributed by atoms with Gasteiger partial charge in [-0.3, -0.25) is 0 Å². The van der Waals surface area contributed by atoms with Gasteiger partial charge in [0.15, 0.2) is 0 Å². The molecule has 6 heteroatoms. The Morgan fingerprint density at radius 2 is 1.10 bits per heavy atom. The molecule has 0 saturated carbocycles. The highest BCUT2D eigenvalue weighted by Gasteiger charge is 2.24. The molecule has 0 N–H and O–H groups in total. The second-order valence-corrected chi connectivity index (χ2v) is 15.5. The van der Waals surface area contributed by atoms with Crippen LogP contribution in [-0.4, -0.2) is 44.6 Å². The average molecular weight is 355 g/mol. The molecule has 0 fully saturated rings. The first kappa shape index (κ1) is 21.1. The fourth-order valence-electron chi connectivity index (χ4n) is 1.74. The van der Waals surface area contributed by atoms with Crippen molar-refractivity contribution in [2.24, 2.45) is 0 Å². The lowest BCUT2D eigenvalue weighted by molar-refractivity contribution is 0.110. The summed E-state index contributed by atoms with van der Waals surface area (Å²) in [7, 11) is 6.14. The Balaban J connectivity index is 4.38. The van der Waals surface area contributed by atoms with Crippen LogP contribution < -0.4 is 0 Å². The molecular weight excluding hydrogens is 320 g/mol. The Bertz CT molecular complexity index is 227. The molecule has 20 heavy (non-hydrogen) atoms. The maximum Gasteiger partial charge on any atom is 0.113 e. The molecule has 0 aromatic rings. The normalized spacial score (nSPS) is 16.5. The van der Waals surface area contributed by atoms with Gasteiger partial charge in [-0.25, -0.2) is 0 Å². The zero-order valence-corrected chi connectivity index (χ0v) is 20.2. The molecule has 2 nitrogen and oxygen atoms in total. The third kappa shape index (κ3) is 12.8. The quantitative estimate of drug-likeness (QED) is 0.322. The van der Waals surface area contributed by atoms with E-state index in [9.17, 15) is 0 Å². The fraction of sp³-hybridized carbons (Fsp3) is 1.00. The third-order valence-electron chi connectivity index (χ3n) is 2.53. The van der Waals surface area contributed by atoms with Crippen molar-refractivity contribution in [3.8, 4) is 0 Å². The summed E-state index contributed by atoms with van der Waals surface area (Å²) in [6.07, 6.45) is 2.27. The van der Waals surface area contributed by atoms with E-state index in [1.807, 2.05) is 21.6 Å². The second kappa shape index (κ2) is 9.95. The van der Waals surface area contributed by atoms with Crippen molar-refractivity contribution in [3.05, 3.63) is 0 Å². The van der Waals surface area contributed by atoms with Crippen LogP contribution in [0.25, 0.3) is 0 Å². The standard InChI is InChI=1S/C14H34O2S2Si2/c1-7-15-11(9-13(3,4)19)17-18-12(16-8-2)10-14(5,6)20/h11-12H,7-10H2,1-6,19-20H3. The molecule has 2 atom stereocenters. The van der Waals surface area contributed by atoms with Gasteiger partial charge in [-0.15, -0.1) is 0 Å². The highest BCUT2D eigenvalue weighted by molar-refractivity contribution is 8.77. The summed E-state index contributed by atoms with van der Waals surface area (Å²) in [5.74, 6) is 0. The van der Waals surface area contributed by atoms with Gasteiger partial charge < -0.3 is 9.47 Å². The number of rotatable bonds is 11. The maximum absolute atomic E-state index is 5.89. The Morgan fingerprint density at radius 1 is 0.800 bits per heavy atom. The second-order valence-electron chi connectivity index (χ2n) is 7.49. The summed E-state index contributed by atoms with van der Waals surface area (Å²) in [4.78, 5) is 0. The summed E-state index contributed by atoms with van der Waals surface area (Å²) in [6.45, 7) is 15.1. The van der Waals surface area contributed by atoms with E-state index in [0.717, 1.165) is 26.1 Å². The number of hydrogen-bond donors (Lipinski definition) is 0. The van der Waals surface area contributed by atoms with Crippen LogP contribution in [0.5, 0.6) is 0 Å². The van der Waals surface area contributed by atoms with Gasteiger partial charge in [-0.2, -0.15) is 0 Å². The molecule has 0 radical (unpaired) electrons. The van der Waals surface area contributed by atoms with E-state index in [4.69, 9.17) is 9.47 Å². The summed E-state index contributed by atoms with van der Waals surface area (Å²) in [5.41, 5.74) is 0.579. The van der Waals surface area contributed by atoms with E-state index in [1.165, 1.54) is 20.5 Å². The van der Waals surface area contributed by atoms with Gasteiger partial charge in [0, 0.05) is 33.7 Å². The molecule has 122 valence electrons. The molecule has 0 spiro atoms. The van der Waals surface area contributed by atoms with Gasteiger partial charge in [-0.05, 0) is 36.8 Å². The molecule has 0 bridgehead atoms. The maximum atomic E-state index is 5.89. The minimum absolute atomic E-state index is 0.290. The van der Waals surface area contributed by atoms with Crippen molar-refractivity contribution in [2.75, 3.05) is 13.2 Å². The Morgan fingerprint density at radius 3 is 1.30 bits per heavy atom. The van der Waals surface area contributed by atoms with Crippen LogP contribution in [0.3, 0.4) is 0 Å². The molecule has 0 aromatic carbocycles. The molecule has 0 aliphatic rings. The average Bonchev–Trinajstić information content (AvgIpc) is 2.22. The van der Waals surface area contributed by atoms with Gasteiger partial charge in [-0.1, -0.05) is 49.3 Å². The zero-order chi connectivity index (χ0) is 15.8. The van der Waals surface area contributed by atoms with Gasteiger partial charge in [0.1, 0.15) is 10.9 Å². The monoisotopic (exact) mass is 354 g/mol.